The summed E-state index contributed by atoms with van der Waals surface area (Å²) in [4.78, 5) is 14.5. The molecule has 0 aliphatic carbocycles. The Kier molecular flexibility index (Phi) is 2.59. The summed E-state index contributed by atoms with van der Waals surface area (Å²) in [6, 6.07) is 7.53. The minimum Gasteiger partial charge on any atom is -0.497 e. The number of pyridine rings is 1. The number of rotatable bonds is 2. The van der Waals surface area contributed by atoms with Gasteiger partial charge < -0.3 is 14.2 Å². The van der Waals surface area contributed by atoms with Gasteiger partial charge in [-0.25, -0.2) is 0 Å². The van der Waals surface area contributed by atoms with Crippen molar-refractivity contribution in [2.75, 3.05) is 7.11 Å². The SMILES string of the molecule is COc1ccc(-c2c[nH]c(=O)c3c(C)noc23)cc1. The van der Waals surface area contributed by atoms with Crippen molar-refractivity contribution in [3.63, 3.8) is 0 Å². The molecular formula is C14H12N2O3. The van der Waals surface area contributed by atoms with E-state index in [-0.39, 0.29) is 5.56 Å². The lowest BCUT2D eigenvalue weighted by molar-refractivity contribution is 0.415. The van der Waals surface area contributed by atoms with E-state index in [9.17, 15) is 4.79 Å². The molecular weight excluding hydrogens is 244 g/mol. The topological polar surface area (TPSA) is 68.1 Å². The van der Waals surface area contributed by atoms with Crippen LogP contribution in [0.3, 0.4) is 0 Å². The van der Waals surface area contributed by atoms with Crippen molar-refractivity contribution in [1.29, 1.82) is 0 Å². The van der Waals surface area contributed by atoms with Gasteiger partial charge in [0.15, 0.2) is 5.58 Å². The van der Waals surface area contributed by atoms with Gasteiger partial charge in [0.05, 0.1) is 12.8 Å². The van der Waals surface area contributed by atoms with Crippen molar-refractivity contribution in [1.82, 2.24) is 10.1 Å². The Balaban J connectivity index is 2.25. The number of H-pyrrole nitrogens is 1. The van der Waals surface area contributed by atoms with Crippen LogP contribution in [0.25, 0.3) is 22.1 Å². The normalized spacial score (nSPS) is 10.8. The summed E-state index contributed by atoms with van der Waals surface area (Å²) in [5, 5.41) is 4.35. The summed E-state index contributed by atoms with van der Waals surface area (Å²) in [6.07, 6.45) is 1.64. The Hall–Kier alpha value is -2.56. The molecule has 0 aliphatic heterocycles. The molecule has 0 radical (unpaired) electrons. The van der Waals surface area contributed by atoms with E-state index in [1.807, 2.05) is 24.3 Å². The number of benzene rings is 1. The molecule has 1 aromatic carbocycles. The van der Waals surface area contributed by atoms with Gasteiger partial charge in [-0.2, -0.15) is 0 Å². The summed E-state index contributed by atoms with van der Waals surface area (Å²) < 4.78 is 10.4. The van der Waals surface area contributed by atoms with Crippen LogP contribution in [0.5, 0.6) is 5.75 Å². The molecule has 5 heteroatoms. The van der Waals surface area contributed by atoms with Crippen LogP contribution in [0, 0.1) is 6.92 Å². The maximum Gasteiger partial charge on any atom is 0.261 e. The number of methoxy groups -OCH3 is 1. The molecule has 0 spiro atoms. The molecule has 5 nitrogen and oxygen atoms in total. The van der Waals surface area contributed by atoms with Crippen molar-refractivity contribution < 1.29 is 9.26 Å². The molecule has 0 bridgehead atoms. The molecule has 19 heavy (non-hydrogen) atoms. The Morgan fingerprint density at radius 2 is 2.00 bits per heavy atom. The lowest BCUT2D eigenvalue weighted by Crippen LogP contribution is -2.05. The third kappa shape index (κ3) is 1.79. The number of aryl methyl sites for hydroxylation is 1. The van der Waals surface area contributed by atoms with Gasteiger partial charge >= 0.3 is 0 Å². The van der Waals surface area contributed by atoms with Crippen LogP contribution in [0.1, 0.15) is 5.69 Å². The van der Waals surface area contributed by atoms with E-state index in [0.29, 0.717) is 16.7 Å². The average molecular weight is 256 g/mol. The van der Waals surface area contributed by atoms with Gasteiger partial charge in [-0.1, -0.05) is 17.3 Å². The predicted molar refractivity (Wildman–Crippen MR) is 71.4 cm³/mol. The quantitative estimate of drug-likeness (QED) is 0.764. The van der Waals surface area contributed by atoms with E-state index in [4.69, 9.17) is 9.26 Å². The summed E-state index contributed by atoms with van der Waals surface area (Å²) in [5.74, 6) is 0.776. The smallest absolute Gasteiger partial charge is 0.261 e. The second kappa shape index (κ2) is 4.28. The standard InChI is InChI=1S/C14H12N2O3/c1-8-12-13(19-16-8)11(7-15-14(12)17)9-3-5-10(18-2)6-4-9/h3-7H,1-2H3,(H,15,17). The largest absolute Gasteiger partial charge is 0.497 e. The van der Waals surface area contributed by atoms with Gasteiger partial charge in [0.2, 0.25) is 0 Å². The number of hydrogen-bond donors (Lipinski definition) is 1. The fourth-order valence-electron chi connectivity index (χ4n) is 2.08. The molecule has 2 aromatic heterocycles. The number of fused-ring (bicyclic) bond motifs is 1. The van der Waals surface area contributed by atoms with Gasteiger partial charge in [-0.05, 0) is 24.6 Å². The highest BCUT2D eigenvalue weighted by Crippen LogP contribution is 2.28. The molecule has 3 rings (SSSR count). The maximum atomic E-state index is 11.8. The van der Waals surface area contributed by atoms with Crippen LogP contribution in [-0.4, -0.2) is 17.3 Å². The minimum atomic E-state index is -0.189. The third-order valence-corrected chi connectivity index (χ3v) is 3.08. The van der Waals surface area contributed by atoms with E-state index in [2.05, 4.69) is 10.1 Å². The first-order chi connectivity index (χ1) is 9.20. The molecule has 1 N–H and O–H groups in total. The number of nitrogens with one attached hydrogen (secondary N) is 1. The zero-order chi connectivity index (χ0) is 13.4. The molecule has 0 atom stereocenters. The minimum absolute atomic E-state index is 0.189. The molecule has 96 valence electrons. The summed E-state index contributed by atoms with van der Waals surface area (Å²) >= 11 is 0. The van der Waals surface area contributed by atoms with Crippen LogP contribution >= 0.6 is 0 Å². The predicted octanol–water partition coefficient (Wildman–Crippen LogP) is 2.50. The number of nitrogens with zero attached hydrogens (tertiary/aromatic N) is 1. The van der Waals surface area contributed by atoms with Crippen molar-refractivity contribution in [3.05, 3.63) is 46.5 Å². The molecule has 0 saturated carbocycles. The summed E-state index contributed by atoms with van der Waals surface area (Å²) in [5.41, 5.74) is 2.64. The van der Waals surface area contributed by atoms with Crippen LogP contribution in [0.4, 0.5) is 0 Å². The number of aromatic nitrogens is 2. The van der Waals surface area contributed by atoms with Crippen LogP contribution < -0.4 is 10.3 Å². The maximum absolute atomic E-state index is 11.8. The molecule has 0 unspecified atom stereocenters. The summed E-state index contributed by atoms with van der Waals surface area (Å²) in [6.45, 7) is 1.75. The lowest BCUT2D eigenvalue weighted by atomic mass is 10.1. The van der Waals surface area contributed by atoms with E-state index in [1.165, 1.54) is 0 Å². The second-order valence-corrected chi connectivity index (χ2v) is 4.23. The molecule has 2 heterocycles. The monoisotopic (exact) mass is 256 g/mol. The van der Waals surface area contributed by atoms with Gasteiger partial charge in [-0.3, -0.25) is 4.79 Å². The van der Waals surface area contributed by atoms with Crippen LogP contribution in [-0.2, 0) is 0 Å². The van der Waals surface area contributed by atoms with E-state index >= 15 is 0 Å². The Morgan fingerprint density at radius 3 is 2.68 bits per heavy atom. The van der Waals surface area contributed by atoms with E-state index in [0.717, 1.165) is 16.9 Å². The Labute approximate surface area is 108 Å². The lowest BCUT2D eigenvalue weighted by Gasteiger charge is -2.03. The van der Waals surface area contributed by atoms with E-state index in [1.54, 1.807) is 20.2 Å². The average Bonchev–Trinajstić information content (AvgIpc) is 2.83. The van der Waals surface area contributed by atoms with Gasteiger partial charge in [0.1, 0.15) is 11.1 Å². The Morgan fingerprint density at radius 1 is 1.26 bits per heavy atom. The number of aromatic amines is 1. The number of ether oxygens (including phenoxy) is 1. The zero-order valence-electron chi connectivity index (χ0n) is 10.6. The highest BCUT2D eigenvalue weighted by Gasteiger charge is 2.14. The van der Waals surface area contributed by atoms with E-state index < -0.39 is 0 Å². The highest BCUT2D eigenvalue weighted by atomic mass is 16.5. The molecule has 0 aliphatic rings. The molecule has 0 saturated heterocycles. The first-order valence-corrected chi connectivity index (χ1v) is 5.83. The van der Waals surface area contributed by atoms with Gasteiger partial charge in [0, 0.05) is 11.8 Å². The van der Waals surface area contributed by atoms with Gasteiger partial charge in [-0.15, -0.1) is 0 Å². The molecule has 0 amide bonds. The fraction of sp³-hybridized carbons (Fsp3) is 0.143. The van der Waals surface area contributed by atoms with Gasteiger partial charge in [0.25, 0.3) is 5.56 Å². The first kappa shape index (κ1) is 11.5. The Bertz CT molecular complexity index is 785. The van der Waals surface area contributed by atoms with Crippen molar-refractivity contribution >= 4 is 11.0 Å². The van der Waals surface area contributed by atoms with Crippen molar-refractivity contribution in [3.8, 4) is 16.9 Å². The molecule has 0 fully saturated rings. The van der Waals surface area contributed by atoms with Crippen molar-refractivity contribution in [2.24, 2.45) is 0 Å². The highest BCUT2D eigenvalue weighted by molar-refractivity contribution is 5.92. The zero-order valence-corrected chi connectivity index (χ0v) is 10.6. The number of hydrogen-bond acceptors (Lipinski definition) is 4. The third-order valence-electron chi connectivity index (χ3n) is 3.08. The van der Waals surface area contributed by atoms with Crippen LogP contribution in [0.2, 0.25) is 0 Å². The summed E-state index contributed by atoms with van der Waals surface area (Å²) in [7, 11) is 1.62. The first-order valence-electron chi connectivity index (χ1n) is 5.83. The van der Waals surface area contributed by atoms with Crippen molar-refractivity contribution in [2.45, 2.75) is 6.92 Å². The molecule has 3 aromatic rings. The fourth-order valence-corrected chi connectivity index (χ4v) is 2.08. The van der Waals surface area contributed by atoms with Crippen LogP contribution in [0.15, 0.2) is 39.8 Å². The second-order valence-electron chi connectivity index (χ2n) is 4.23.